The smallest absolute Gasteiger partial charge is 0.407 e. The maximum absolute atomic E-state index is 11.5. The first-order valence-corrected chi connectivity index (χ1v) is 10.7. The Morgan fingerprint density at radius 3 is 2.46 bits per heavy atom. The van der Waals surface area contributed by atoms with E-state index >= 15 is 0 Å². The number of piperidine rings is 1. The minimum atomic E-state index is -1.60. The highest BCUT2D eigenvalue weighted by molar-refractivity contribution is 7.75. The van der Waals surface area contributed by atoms with E-state index in [4.69, 9.17) is 13.1 Å². The molecule has 0 aromatic heterocycles. The fraction of sp³-hybridized carbons (Fsp3) is 0.650. The lowest BCUT2D eigenvalue weighted by atomic mass is 9.80. The molecule has 1 aromatic carbocycles. The SMILES string of the molecule is CC(C)(C)[C@H]1C[C@H](Oc2ccc(CC3COS(=O)OC3)cc2)CCN1C(=O)O. The summed E-state index contributed by atoms with van der Waals surface area (Å²) < 4.78 is 27.3. The zero-order chi connectivity index (χ0) is 20.3. The van der Waals surface area contributed by atoms with Gasteiger partial charge in [-0.1, -0.05) is 32.9 Å². The molecule has 0 unspecified atom stereocenters. The van der Waals surface area contributed by atoms with Gasteiger partial charge in [0.05, 0.1) is 13.2 Å². The van der Waals surface area contributed by atoms with Crippen LogP contribution in [-0.4, -0.2) is 52.2 Å². The number of hydrogen-bond donors (Lipinski definition) is 1. The van der Waals surface area contributed by atoms with Crippen LogP contribution in [0.2, 0.25) is 0 Å². The average Bonchev–Trinajstić information content (AvgIpc) is 2.64. The van der Waals surface area contributed by atoms with Crippen molar-refractivity contribution in [3.8, 4) is 5.75 Å². The van der Waals surface area contributed by atoms with E-state index in [0.717, 1.165) is 17.7 Å². The lowest BCUT2D eigenvalue weighted by Crippen LogP contribution is -2.53. The van der Waals surface area contributed by atoms with Gasteiger partial charge in [0, 0.05) is 31.3 Å². The quantitative estimate of drug-likeness (QED) is 0.817. The van der Waals surface area contributed by atoms with Crippen LogP contribution < -0.4 is 4.74 Å². The van der Waals surface area contributed by atoms with E-state index in [0.29, 0.717) is 32.6 Å². The van der Waals surface area contributed by atoms with Crippen molar-refractivity contribution in [3.05, 3.63) is 29.8 Å². The largest absolute Gasteiger partial charge is 0.490 e. The highest BCUT2D eigenvalue weighted by atomic mass is 32.2. The Kier molecular flexibility index (Phi) is 6.62. The van der Waals surface area contributed by atoms with Gasteiger partial charge in [0.15, 0.2) is 0 Å². The molecule has 28 heavy (non-hydrogen) atoms. The average molecular weight is 412 g/mol. The first-order chi connectivity index (χ1) is 13.2. The molecule has 1 amide bonds. The second kappa shape index (κ2) is 8.80. The van der Waals surface area contributed by atoms with Crippen LogP contribution in [0.5, 0.6) is 5.75 Å². The first-order valence-electron chi connectivity index (χ1n) is 9.66. The van der Waals surface area contributed by atoms with Crippen LogP contribution in [0.4, 0.5) is 4.79 Å². The lowest BCUT2D eigenvalue weighted by molar-refractivity contribution is 0.0130. The van der Waals surface area contributed by atoms with E-state index in [9.17, 15) is 14.1 Å². The molecule has 7 nitrogen and oxygen atoms in total. The van der Waals surface area contributed by atoms with Crippen molar-refractivity contribution in [2.45, 2.75) is 52.2 Å². The van der Waals surface area contributed by atoms with Crippen molar-refractivity contribution in [2.24, 2.45) is 11.3 Å². The number of hydrogen-bond acceptors (Lipinski definition) is 5. The van der Waals surface area contributed by atoms with Crippen LogP contribution in [0, 0.1) is 11.3 Å². The van der Waals surface area contributed by atoms with Gasteiger partial charge >= 0.3 is 17.5 Å². The second-order valence-corrected chi connectivity index (χ2v) is 9.49. The van der Waals surface area contributed by atoms with Gasteiger partial charge in [-0.25, -0.2) is 4.79 Å². The van der Waals surface area contributed by atoms with Crippen molar-refractivity contribution in [1.82, 2.24) is 4.90 Å². The molecule has 2 aliphatic heterocycles. The molecule has 0 radical (unpaired) electrons. The van der Waals surface area contributed by atoms with Gasteiger partial charge < -0.3 is 14.7 Å². The molecule has 0 spiro atoms. The van der Waals surface area contributed by atoms with E-state index in [1.165, 1.54) is 0 Å². The molecule has 2 aliphatic rings. The molecule has 2 fully saturated rings. The number of benzene rings is 1. The van der Waals surface area contributed by atoms with Crippen LogP contribution in [0.15, 0.2) is 24.3 Å². The first kappa shape index (κ1) is 21.1. The Bertz CT molecular complexity index is 692. The topological polar surface area (TPSA) is 85.3 Å². The summed E-state index contributed by atoms with van der Waals surface area (Å²) in [5.41, 5.74) is 1.00. The number of nitrogens with zero attached hydrogens (tertiary/aromatic N) is 1. The highest BCUT2D eigenvalue weighted by Crippen LogP contribution is 2.33. The molecule has 0 bridgehead atoms. The minimum absolute atomic E-state index is 0.000740. The monoisotopic (exact) mass is 411 g/mol. The Morgan fingerprint density at radius 1 is 1.25 bits per heavy atom. The van der Waals surface area contributed by atoms with E-state index in [1.807, 2.05) is 24.3 Å². The van der Waals surface area contributed by atoms with Gasteiger partial charge in [-0.05, 0) is 29.5 Å². The summed E-state index contributed by atoms with van der Waals surface area (Å²) >= 11 is -1.60. The van der Waals surface area contributed by atoms with Crippen LogP contribution >= 0.6 is 0 Å². The third-order valence-corrected chi connectivity index (χ3v) is 6.01. The summed E-state index contributed by atoms with van der Waals surface area (Å²) in [6, 6.07) is 7.88. The van der Waals surface area contributed by atoms with Crippen LogP contribution in [-0.2, 0) is 26.1 Å². The molecule has 2 atom stereocenters. The van der Waals surface area contributed by atoms with Gasteiger partial charge in [-0.15, -0.1) is 0 Å². The van der Waals surface area contributed by atoms with Crippen molar-refractivity contribution in [2.75, 3.05) is 19.8 Å². The Morgan fingerprint density at radius 2 is 1.89 bits per heavy atom. The van der Waals surface area contributed by atoms with E-state index in [1.54, 1.807) is 4.90 Å². The fourth-order valence-electron chi connectivity index (χ4n) is 3.82. The van der Waals surface area contributed by atoms with Gasteiger partial charge in [0.2, 0.25) is 0 Å². The molecule has 0 saturated carbocycles. The molecule has 2 saturated heterocycles. The van der Waals surface area contributed by atoms with Crippen LogP contribution in [0.25, 0.3) is 0 Å². The second-order valence-electron chi connectivity index (χ2n) is 8.61. The lowest BCUT2D eigenvalue weighted by Gasteiger charge is -2.44. The molecule has 2 heterocycles. The molecular weight excluding hydrogens is 382 g/mol. The minimum Gasteiger partial charge on any atom is -0.490 e. The van der Waals surface area contributed by atoms with Crippen LogP contribution in [0.3, 0.4) is 0 Å². The summed E-state index contributed by atoms with van der Waals surface area (Å²) in [7, 11) is 0. The molecule has 1 aromatic rings. The molecule has 0 aliphatic carbocycles. The zero-order valence-electron chi connectivity index (χ0n) is 16.6. The molecule has 1 N–H and O–H groups in total. The number of amides is 1. The van der Waals surface area contributed by atoms with Gasteiger partial charge in [-0.3, -0.25) is 8.37 Å². The van der Waals surface area contributed by atoms with E-state index < -0.39 is 17.5 Å². The number of ether oxygens (including phenoxy) is 1. The molecular formula is C20H29NO6S. The van der Waals surface area contributed by atoms with Crippen molar-refractivity contribution in [3.63, 3.8) is 0 Å². The number of carbonyl (C=O) groups is 1. The zero-order valence-corrected chi connectivity index (χ0v) is 17.4. The van der Waals surface area contributed by atoms with E-state index in [-0.39, 0.29) is 23.5 Å². The van der Waals surface area contributed by atoms with Gasteiger partial charge in [0.25, 0.3) is 0 Å². The Hall–Kier alpha value is -1.64. The molecule has 156 valence electrons. The summed E-state index contributed by atoms with van der Waals surface area (Å²) in [6.07, 6.45) is 1.31. The van der Waals surface area contributed by atoms with Crippen LogP contribution in [0.1, 0.15) is 39.2 Å². The van der Waals surface area contributed by atoms with Crippen molar-refractivity contribution in [1.29, 1.82) is 0 Å². The normalized spacial score (nSPS) is 28.8. The predicted molar refractivity (Wildman–Crippen MR) is 105 cm³/mol. The summed E-state index contributed by atoms with van der Waals surface area (Å²) in [6.45, 7) is 7.56. The highest BCUT2D eigenvalue weighted by Gasteiger charge is 2.39. The third kappa shape index (κ3) is 5.46. The third-order valence-electron chi connectivity index (χ3n) is 5.35. The Labute approximate surface area is 168 Å². The number of rotatable bonds is 4. The van der Waals surface area contributed by atoms with Crippen molar-refractivity contribution < 1.29 is 27.2 Å². The molecule has 3 rings (SSSR count). The molecule has 8 heteroatoms. The maximum Gasteiger partial charge on any atom is 0.407 e. The number of carboxylic acid groups (broad SMARTS) is 1. The summed E-state index contributed by atoms with van der Waals surface area (Å²) in [5, 5.41) is 9.48. The standard InChI is InChI=1S/C20H29NO6S/c1-20(2,3)18-11-17(8-9-21(18)19(22)23)27-16-6-4-14(5-7-16)10-15-12-25-28(24)26-13-15/h4-7,15,17-18H,8-13H2,1-3H3,(H,22,23)/t15?,17-,18-,28?/m1/s1. The summed E-state index contributed by atoms with van der Waals surface area (Å²) in [4.78, 5) is 13.1. The fourth-order valence-corrected chi connectivity index (χ4v) is 4.50. The number of likely N-dealkylation sites (tertiary alicyclic amines) is 1. The summed E-state index contributed by atoms with van der Waals surface area (Å²) in [5.74, 6) is 0.986. The predicted octanol–water partition coefficient (Wildman–Crippen LogP) is 3.41. The van der Waals surface area contributed by atoms with Gasteiger partial charge in [-0.2, -0.15) is 4.21 Å². The van der Waals surface area contributed by atoms with Gasteiger partial charge in [0.1, 0.15) is 11.9 Å². The van der Waals surface area contributed by atoms with E-state index in [2.05, 4.69) is 20.8 Å². The van der Waals surface area contributed by atoms with Crippen molar-refractivity contribution >= 4 is 17.5 Å². The maximum atomic E-state index is 11.5. The Balaban J connectivity index is 1.56.